The molecule has 0 bridgehead atoms. The SMILES string of the molecule is Cn1cc(CN[C@H]2CCCO[C@@H]2c2cnn(C)c2)cn1. The summed E-state index contributed by atoms with van der Waals surface area (Å²) in [5.41, 5.74) is 2.35. The normalized spacial score (nSPS) is 23.1. The minimum atomic E-state index is 0.0918. The zero-order valence-electron chi connectivity index (χ0n) is 12.0. The van der Waals surface area contributed by atoms with Crippen molar-refractivity contribution in [2.24, 2.45) is 14.1 Å². The smallest absolute Gasteiger partial charge is 0.101 e. The molecule has 0 aromatic carbocycles. The first kappa shape index (κ1) is 13.3. The lowest BCUT2D eigenvalue weighted by Crippen LogP contribution is -2.38. The van der Waals surface area contributed by atoms with E-state index in [1.807, 2.05) is 48.2 Å². The van der Waals surface area contributed by atoms with Gasteiger partial charge in [0.1, 0.15) is 6.10 Å². The van der Waals surface area contributed by atoms with Crippen LogP contribution in [-0.4, -0.2) is 32.2 Å². The molecule has 0 saturated carbocycles. The van der Waals surface area contributed by atoms with Crippen molar-refractivity contribution in [2.45, 2.75) is 31.5 Å². The molecule has 2 atom stereocenters. The zero-order chi connectivity index (χ0) is 13.9. The zero-order valence-corrected chi connectivity index (χ0v) is 12.0. The van der Waals surface area contributed by atoms with Crippen molar-refractivity contribution >= 4 is 0 Å². The highest BCUT2D eigenvalue weighted by atomic mass is 16.5. The minimum absolute atomic E-state index is 0.0918. The average Bonchev–Trinajstić information content (AvgIpc) is 3.06. The van der Waals surface area contributed by atoms with E-state index in [1.165, 1.54) is 5.56 Å². The summed E-state index contributed by atoms with van der Waals surface area (Å²) in [5, 5.41) is 12.0. The third kappa shape index (κ3) is 2.91. The van der Waals surface area contributed by atoms with Gasteiger partial charge in [0, 0.05) is 56.8 Å². The van der Waals surface area contributed by atoms with Crippen molar-refractivity contribution in [1.82, 2.24) is 24.9 Å². The van der Waals surface area contributed by atoms with E-state index in [4.69, 9.17) is 4.74 Å². The van der Waals surface area contributed by atoms with E-state index < -0.39 is 0 Å². The Labute approximate surface area is 118 Å². The summed E-state index contributed by atoms with van der Waals surface area (Å²) in [6.45, 7) is 1.64. The third-order valence-corrected chi connectivity index (χ3v) is 3.70. The molecular formula is C14H21N5O. The summed E-state index contributed by atoms with van der Waals surface area (Å²) >= 11 is 0. The molecule has 0 aliphatic carbocycles. The molecule has 0 unspecified atom stereocenters. The maximum atomic E-state index is 5.95. The Morgan fingerprint density at radius 3 is 2.75 bits per heavy atom. The van der Waals surface area contributed by atoms with E-state index in [-0.39, 0.29) is 6.10 Å². The van der Waals surface area contributed by atoms with Gasteiger partial charge in [0.2, 0.25) is 0 Å². The number of rotatable bonds is 4. The molecular weight excluding hydrogens is 254 g/mol. The molecule has 3 rings (SSSR count). The lowest BCUT2D eigenvalue weighted by Gasteiger charge is -2.31. The van der Waals surface area contributed by atoms with E-state index in [0.717, 1.165) is 31.6 Å². The maximum absolute atomic E-state index is 5.95. The van der Waals surface area contributed by atoms with Gasteiger partial charge in [0.25, 0.3) is 0 Å². The molecule has 1 saturated heterocycles. The second-order valence-electron chi connectivity index (χ2n) is 5.39. The number of aromatic nitrogens is 4. The van der Waals surface area contributed by atoms with Crippen LogP contribution in [0, 0.1) is 0 Å². The highest BCUT2D eigenvalue weighted by Gasteiger charge is 2.28. The van der Waals surface area contributed by atoms with Crippen molar-refractivity contribution in [1.29, 1.82) is 0 Å². The Morgan fingerprint density at radius 1 is 1.25 bits per heavy atom. The topological polar surface area (TPSA) is 56.9 Å². The molecule has 6 nitrogen and oxygen atoms in total. The Hall–Kier alpha value is -1.66. The fourth-order valence-electron chi connectivity index (χ4n) is 2.72. The van der Waals surface area contributed by atoms with Crippen LogP contribution in [0.25, 0.3) is 0 Å². The van der Waals surface area contributed by atoms with Crippen molar-refractivity contribution in [3.8, 4) is 0 Å². The highest BCUT2D eigenvalue weighted by molar-refractivity contribution is 5.12. The van der Waals surface area contributed by atoms with Gasteiger partial charge in [0.15, 0.2) is 0 Å². The van der Waals surface area contributed by atoms with Crippen LogP contribution in [0.3, 0.4) is 0 Å². The van der Waals surface area contributed by atoms with Crippen LogP contribution in [0.1, 0.15) is 30.1 Å². The van der Waals surface area contributed by atoms with Gasteiger partial charge in [-0.2, -0.15) is 10.2 Å². The summed E-state index contributed by atoms with van der Waals surface area (Å²) in [7, 11) is 3.87. The predicted octanol–water partition coefficient (Wildman–Crippen LogP) is 1.16. The number of hydrogen-bond acceptors (Lipinski definition) is 4. The average molecular weight is 275 g/mol. The van der Waals surface area contributed by atoms with Gasteiger partial charge in [-0.3, -0.25) is 9.36 Å². The second kappa shape index (κ2) is 5.76. The summed E-state index contributed by atoms with van der Waals surface area (Å²) in [4.78, 5) is 0. The molecule has 2 aromatic heterocycles. The monoisotopic (exact) mass is 275 g/mol. The summed E-state index contributed by atoms with van der Waals surface area (Å²) in [6.07, 6.45) is 10.2. The largest absolute Gasteiger partial charge is 0.372 e. The maximum Gasteiger partial charge on any atom is 0.101 e. The molecule has 0 radical (unpaired) electrons. The van der Waals surface area contributed by atoms with Crippen LogP contribution in [0.4, 0.5) is 0 Å². The number of nitrogens with one attached hydrogen (secondary N) is 1. The van der Waals surface area contributed by atoms with Crippen LogP contribution in [0.5, 0.6) is 0 Å². The van der Waals surface area contributed by atoms with Gasteiger partial charge in [-0.15, -0.1) is 0 Å². The molecule has 108 valence electrons. The summed E-state index contributed by atoms with van der Waals surface area (Å²) in [5.74, 6) is 0. The van der Waals surface area contributed by atoms with Crippen molar-refractivity contribution in [2.75, 3.05) is 6.61 Å². The van der Waals surface area contributed by atoms with Crippen LogP contribution in [-0.2, 0) is 25.4 Å². The molecule has 0 amide bonds. The molecule has 1 fully saturated rings. The first-order valence-corrected chi connectivity index (χ1v) is 7.03. The molecule has 1 aliphatic heterocycles. The molecule has 6 heteroatoms. The van der Waals surface area contributed by atoms with Gasteiger partial charge in [-0.1, -0.05) is 0 Å². The number of nitrogens with zero attached hydrogens (tertiary/aromatic N) is 4. The fraction of sp³-hybridized carbons (Fsp3) is 0.571. The number of aryl methyl sites for hydroxylation is 2. The van der Waals surface area contributed by atoms with Crippen LogP contribution >= 0.6 is 0 Å². The van der Waals surface area contributed by atoms with Gasteiger partial charge in [-0.25, -0.2) is 0 Å². The molecule has 1 N–H and O–H groups in total. The van der Waals surface area contributed by atoms with E-state index in [0.29, 0.717) is 6.04 Å². The minimum Gasteiger partial charge on any atom is -0.372 e. The standard InChI is InChI=1S/C14H21N5O/c1-18-9-11(7-16-18)6-15-13-4-3-5-20-14(13)12-8-17-19(2)10-12/h7-10,13-15H,3-6H2,1-2H3/t13-,14+/m0/s1. The van der Waals surface area contributed by atoms with Gasteiger partial charge in [0.05, 0.1) is 12.4 Å². The second-order valence-corrected chi connectivity index (χ2v) is 5.39. The Morgan fingerprint density at radius 2 is 2.05 bits per heavy atom. The van der Waals surface area contributed by atoms with Crippen molar-refractivity contribution < 1.29 is 4.74 Å². The number of hydrogen-bond donors (Lipinski definition) is 1. The van der Waals surface area contributed by atoms with Gasteiger partial charge < -0.3 is 10.1 Å². The highest BCUT2D eigenvalue weighted by Crippen LogP contribution is 2.28. The van der Waals surface area contributed by atoms with E-state index in [9.17, 15) is 0 Å². The molecule has 20 heavy (non-hydrogen) atoms. The first-order valence-electron chi connectivity index (χ1n) is 7.03. The molecule has 3 heterocycles. The summed E-state index contributed by atoms with van der Waals surface area (Å²) < 4.78 is 9.60. The Balaban J connectivity index is 1.66. The van der Waals surface area contributed by atoms with Gasteiger partial charge >= 0.3 is 0 Å². The van der Waals surface area contributed by atoms with Crippen LogP contribution < -0.4 is 5.32 Å². The van der Waals surface area contributed by atoms with Crippen LogP contribution in [0.2, 0.25) is 0 Å². The predicted molar refractivity (Wildman–Crippen MR) is 75.0 cm³/mol. The fourth-order valence-corrected chi connectivity index (χ4v) is 2.72. The van der Waals surface area contributed by atoms with Crippen molar-refractivity contribution in [3.63, 3.8) is 0 Å². The van der Waals surface area contributed by atoms with Crippen molar-refractivity contribution in [3.05, 3.63) is 35.9 Å². The van der Waals surface area contributed by atoms with E-state index in [1.54, 1.807) is 0 Å². The quantitative estimate of drug-likeness (QED) is 0.910. The molecule has 1 aliphatic rings. The Bertz CT molecular complexity index is 561. The molecule has 2 aromatic rings. The van der Waals surface area contributed by atoms with Gasteiger partial charge in [-0.05, 0) is 12.8 Å². The Kier molecular flexibility index (Phi) is 3.84. The summed E-state index contributed by atoms with van der Waals surface area (Å²) in [6, 6.07) is 0.327. The molecule has 0 spiro atoms. The van der Waals surface area contributed by atoms with E-state index in [2.05, 4.69) is 15.5 Å². The van der Waals surface area contributed by atoms with Crippen LogP contribution in [0.15, 0.2) is 24.8 Å². The lowest BCUT2D eigenvalue weighted by atomic mass is 9.98. The lowest BCUT2D eigenvalue weighted by molar-refractivity contribution is -0.0112. The first-order chi connectivity index (χ1) is 9.72. The van der Waals surface area contributed by atoms with E-state index >= 15 is 0 Å². The number of ether oxygens (including phenoxy) is 1. The third-order valence-electron chi connectivity index (χ3n) is 3.70.